The van der Waals surface area contributed by atoms with Crippen molar-refractivity contribution in [1.82, 2.24) is 9.88 Å². The quantitative estimate of drug-likeness (QED) is 0.820. The molecule has 0 aliphatic heterocycles. The lowest BCUT2D eigenvalue weighted by Crippen LogP contribution is -2.41. The number of aromatic nitrogens is 1. The van der Waals surface area contributed by atoms with Crippen molar-refractivity contribution >= 4 is 11.7 Å². The van der Waals surface area contributed by atoms with Gasteiger partial charge in [-0.2, -0.15) is 4.98 Å². The van der Waals surface area contributed by atoms with Crippen LogP contribution in [0, 0.1) is 0 Å². The van der Waals surface area contributed by atoms with E-state index in [0.29, 0.717) is 31.4 Å². The normalized spacial score (nSPS) is 11.8. The number of nitrogens with zero attached hydrogens (tertiary/aromatic N) is 2. The molecular formula is C14H23N3O2. The van der Waals surface area contributed by atoms with E-state index in [0.717, 1.165) is 0 Å². The number of carbonyl (C=O) groups excluding carboxylic acids is 1. The Balaban J connectivity index is 2.68. The van der Waals surface area contributed by atoms with Gasteiger partial charge in [-0.3, -0.25) is 4.79 Å². The van der Waals surface area contributed by atoms with E-state index >= 15 is 0 Å². The molecule has 0 bridgehead atoms. The molecule has 1 rings (SSSR count). The van der Waals surface area contributed by atoms with Gasteiger partial charge in [0.15, 0.2) is 0 Å². The maximum atomic E-state index is 12.1. The van der Waals surface area contributed by atoms with Gasteiger partial charge < -0.3 is 15.0 Å². The van der Waals surface area contributed by atoms with E-state index in [4.69, 9.17) is 4.74 Å². The van der Waals surface area contributed by atoms with E-state index in [2.05, 4.69) is 10.3 Å². The van der Waals surface area contributed by atoms with Crippen molar-refractivity contribution < 1.29 is 9.53 Å². The molecule has 0 fully saturated rings. The van der Waals surface area contributed by atoms with Gasteiger partial charge in [0.25, 0.3) is 0 Å². The summed E-state index contributed by atoms with van der Waals surface area (Å²) < 4.78 is 5.33. The highest BCUT2D eigenvalue weighted by atomic mass is 16.5. The van der Waals surface area contributed by atoms with Crippen LogP contribution >= 0.6 is 0 Å². The summed E-state index contributed by atoms with van der Waals surface area (Å²) >= 11 is 0. The molecule has 106 valence electrons. The maximum absolute atomic E-state index is 12.1. The minimum atomic E-state index is -0.302. The van der Waals surface area contributed by atoms with E-state index in [1.807, 2.05) is 39.8 Å². The number of carbonyl (C=O) groups is 1. The minimum Gasteiger partial charge on any atom is -0.478 e. The smallest absolute Gasteiger partial charge is 0.244 e. The Kier molecular flexibility index (Phi) is 6.12. The Morgan fingerprint density at radius 3 is 2.63 bits per heavy atom. The van der Waals surface area contributed by atoms with Crippen molar-refractivity contribution in [2.75, 3.05) is 25.0 Å². The van der Waals surface area contributed by atoms with E-state index in [-0.39, 0.29) is 11.9 Å². The Morgan fingerprint density at radius 1 is 1.37 bits per heavy atom. The van der Waals surface area contributed by atoms with Gasteiger partial charge in [-0.1, -0.05) is 6.07 Å². The fourth-order valence-electron chi connectivity index (χ4n) is 1.82. The average molecular weight is 265 g/mol. The fraction of sp³-hybridized carbons (Fsp3) is 0.571. The van der Waals surface area contributed by atoms with Crippen molar-refractivity contribution in [3.05, 3.63) is 18.2 Å². The van der Waals surface area contributed by atoms with Gasteiger partial charge in [-0.25, -0.2) is 0 Å². The fourth-order valence-corrected chi connectivity index (χ4v) is 1.82. The third-order valence-corrected chi connectivity index (χ3v) is 2.83. The second-order valence-corrected chi connectivity index (χ2v) is 4.17. The highest BCUT2D eigenvalue weighted by molar-refractivity contribution is 5.84. The van der Waals surface area contributed by atoms with E-state index < -0.39 is 0 Å². The Labute approximate surface area is 115 Å². The van der Waals surface area contributed by atoms with Crippen LogP contribution in [-0.4, -0.2) is 41.5 Å². The summed E-state index contributed by atoms with van der Waals surface area (Å²) in [5, 5.41) is 3.11. The standard InChI is InChI=1S/C14H23N3O2/c1-5-17(6-2)14(18)11(4)15-12-9-8-10-13(16-12)19-7-3/h8-11H,5-7H2,1-4H3,(H,15,16). The number of hydrogen-bond donors (Lipinski definition) is 1. The molecule has 0 saturated heterocycles. The van der Waals surface area contributed by atoms with Gasteiger partial charge in [-0.15, -0.1) is 0 Å². The molecule has 0 saturated carbocycles. The summed E-state index contributed by atoms with van der Waals surface area (Å²) in [6.07, 6.45) is 0. The number of rotatable bonds is 7. The number of hydrogen-bond acceptors (Lipinski definition) is 4. The molecule has 0 spiro atoms. The van der Waals surface area contributed by atoms with Crippen molar-refractivity contribution in [3.8, 4) is 5.88 Å². The van der Waals surface area contributed by atoms with Crippen LogP contribution in [0.2, 0.25) is 0 Å². The first-order chi connectivity index (χ1) is 9.12. The first-order valence-electron chi connectivity index (χ1n) is 6.77. The zero-order valence-electron chi connectivity index (χ0n) is 12.1. The molecule has 1 heterocycles. The third-order valence-electron chi connectivity index (χ3n) is 2.83. The Morgan fingerprint density at radius 2 is 2.05 bits per heavy atom. The van der Waals surface area contributed by atoms with Gasteiger partial charge in [0, 0.05) is 19.2 Å². The highest BCUT2D eigenvalue weighted by Crippen LogP contribution is 2.12. The Bertz CT molecular complexity index is 405. The molecule has 0 aromatic carbocycles. The number of likely N-dealkylation sites (N-methyl/N-ethyl adjacent to an activating group) is 1. The van der Waals surface area contributed by atoms with Crippen molar-refractivity contribution in [2.45, 2.75) is 33.7 Å². The zero-order chi connectivity index (χ0) is 14.3. The number of nitrogens with one attached hydrogen (secondary N) is 1. The number of pyridine rings is 1. The summed E-state index contributed by atoms with van der Waals surface area (Å²) in [7, 11) is 0. The number of anilines is 1. The van der Waals surface area contributed by atoms with Crippen LogP contribution in [-0.2, 0) is 4.79 Å². The van der Waals surface area contributed by atoms with Crippen molar-refractivity contribution in [2.24, 2.45) is 0 Å². The largest absolute Gasteiger partial charge is 0.478 e. The van der Waals surface area contributed by atoms with Gasteiger partial charge in [0.2, 0.25) is 11.8 Å². The monoisotopic (exact) mass is 265 g/mol. The molecule has 5 nitrogen and oxygen atoms in total. The summed E-state index contributed by atoms with van der Waals surface area (Å²) in [5.41, 5.74) is 0. The minimum absolute atomic E-state index is 0.0774. The van der Waals surface area contributed by atoms with Crippen LogP contribution in [0.5, 0.6) is 5.88 Å². The lowest BCUT2D eigenvalue weighted by atomic mass is 10.2. The molecule has 19 heavy (non-hydrogen) atoms. The van der Waals surface area contributed by atoms with Gasteiger partial charge in [0.1, 0.15) is 11.9 Å². The molecule has 0 radical (unpaired) electrons. The molecule has 1 aromatic rings. The van der Waals surface area contributed by atoms with E-state index in [1.165, 1.54) is 0 Å². The topological polar surface area (TPSA) is 54.5 Å². The lowest BCUT2D eigenvalue weighted by molar-refractivity contribution is -0.131. The lowest BCUT2D eigenvalue weighted by Gasteiger charge is -2.23. The molecule has 1 amide bonds. The number of amides is 1. The van der Waals surface area contributed by atoms with Gasteiger partial charge >= 0.3 is 0 Å². The van der Waals surface area contributed by atoms with Crippen LogP contribution in [0.25, 0.3) is 0 Å². The Hall–Kier alpha value is -1.78. The molecular weight excluding hydrogens is 242 g/mol. The first kappa shape index (κ1) is 15.3. The summed E-state index contributed by atoms with van der Waals surface area (Å²) in [6, 6.07) is 5.18. The first-order valence-corrected chi connectivity index (χ1v) is 6.77. The highest BCUT2D eigenvalue weighted by Gasteiger charge is 2.18. The van der Waals surface area contributed by atoms with E-state index in [9.17, 15) is 4.79 Å². The third kappa shape index (κ3) is 4.43. The second kappa shape index (κ2) is 7.61. The molecule has 1 N–H and O–H groups in total. The molecule has 1 atom stereocenters. The van der Waals surface area contributed by atoms with E-state index in [1.54, 1.807) is 11.0 Å². The average Bonchev–Trinajstić information content (AvgIpc) is 2.40. The second-order valence-electron chi connectivity index (χ2n) is 4.17. The molecule has 0 aliphatic carbocycles. The van der Waals surface area contributed by atoms with Crippen LogP contribution in [0.3, 0.4) is 0 Å². The van der Waals surface area contributed by atoms with Crippen molar-refractivity contribution in [1.29, 1.82) is 0 Å². The molecule has 1 unspecified atom stereocenters. The van der Waals surface area contributed by atoms with Gasteiger partial charge in [-0.05, 0) is 33.8 Å². The van der Waals surface area contributed by atoms with Crippen LogP contribution in [0.15, 0.2) is 18.2 Å². The number of ether oxygens (including phenoxy) is 1. The van der Waals surface area contributed by atoms with Crippen LogP contribution < -0.4 is 10.1 Å². The van der Waals surface area contributed by atoms with Crippen LogP contribution in [0.4, 0.5) is 5.82 Å². The van der Waals surface area contributed by atoms with Crippen LogP contribution in [0.1, 0.15) is 27.7 Å². The SMILES string of the molecule is CCOc1cccc(NC(C)C(=O)N(CC)CC)n1. The predicted octanol–water partition coefficient (Wildman–Crippen LogP) is 2.15. The zero-order valence-corrected chi connectivity index (χ0v) is 12.1. The molecule has 5 heteroatoms. The summed E-state index contributed by atoms with van der Waals surface area (Å²) in [5.74, 6) is 1.29. The summed E-state index contributed by atoms with van der Waals surface area (Å²) in [6.45, 7) is 9.71. The molecule has 1 aromatic heterocycles. The van der Waals surface area contributed by atoms with Gasteiger partial charge in [0.05, 0.1) is 6.61 Å². The maximum Gasteiger partial charge on any atom is 0.244 e. The molecule has 0 aliphatic rings. The van der Waals surface area contributed by atoms with Crippen molar-refractivity contribution in [3.63, 3.8) is 0 Å². The predicted molar refractivity (Wildman–Crippen MR) is 76.4 cm³/mol. The summed E-state index contributed by atoms with van der Waals surface area (Å²) in [4.78, 5) is 18.2.